The molecule has 0 saturated carbocycles. The van der Waals surface area contributed by atoms with Crippen molar-refractivity contribution in [2.45, 2.75) is 20.8 Å². The zero-order valence-corrected chi connectivity index (χ0v) is 8.63. The Morgan fingerprint density at radius 3 is 2.00 bits per heavy atom. The van der Waals surface area contributed by atoms with Gasteiger partial charge in [-0.2, -0.15) is 0 Å². The van der Waals surface area contributed by atoms with Gasteiger partial charge in [0.2, 0.25) is 0 Å². The fraction of sp³-hybridized carbons (Fsp3) is 0.364. The highest BCUT2D eigenvalue weighted by Crippen LogP contribution is 2.07. The van der Waals surface area contributed by atoms with E-state index in [4.69, 9.17) is 4.79 Å². The molecule has 1 aromatic carbocycles. The number of hydrogen-bond donors (Lipinski definition) is 0. The zero-order valence-electron chi connectivity index (χ0n) is 8.63. The number of rotatable bonds is 1. The first-order valence-electron chi connectivity index (χ1n) is 4.12. The third kappa shape index (κ3) is 5.01. The molecule has 0 radical (unpaired) electrons. The molecule has 0 aromatic heterocycles. The maximum Gasteiger partial charge on any atom is 0.292 e. The minimum atomic E-state index is 0.375. The van der Waals surface area contributed by atoms with Crippen LogP contribution in [0.25, 0.3) is 0 Å². The second kappa shape index (κ2) is 6.23. The van der Waals surface area contributed by atoms with Gasteiger partial charge < -0.3 is 4.74 Å². The SMILES string of the molecule is COC=O.Cc1ccc(C)c(C)c1. The Kier molecular flexibility index (Phi) is 5.60. The Balaban J connectivity index is 0.000000310. The highest BCUT2D eigenvalue weighted by atomic mass is 16.5. The van der Waals surface area contributed by atoms with Gasteiger partial charge in [-0.1, -0.05) is 23.8 Å². The van der Waals surface area contributed by atoms with Crippen LogP contribution in [0.4, 0.5) is 0 Å². The van der Waals surface area contributed by atoms with Crippen LogP contribution in [0.1, 0.15) is 16.7 Å². The van der Waals surface area contributed by atoms with Crippen LogP contribution in [0.5, 0.6) is 0 Å². The quantitative estimate of drug-likeness (QED) is 0.620. The molecular weight excluding hydrogens is 164 g/mol. The number of hydrogen-bond acceptors (Lipinski definition) is 2. The van der Waals surface area contributed by atoms with E-state index < -0.39 is 0 Å². The molecule has 13 heavy (non-hydrogen) atoms. The van der Waals surface area contributed by atoms with E-state index in [0.717, 1.165) is 0 Å². The van der Waals surface area contributed by atoms with E-state index in [1.165, 1.54) is 23.8 Å². The smallest absolute Gasteiger partial charge is 0.292 e. The molecule has 2 heteroatoms. The van der Waals surface area contributed by atoms with Crippen molar-refractivity contribution in [3.63, 3.8) is 0 Å². The van der Waals surface area contributed by atoms with Crippen LogP contribution < -0.4 is 0 Å². The molecule has 1 aromatic rings. The number of carbonyl (C=O) groups is 1. The lowest BCUT2D eigenvalue weighted by molar-refractivity contribution is -0.126. The van der Waals surface area contributed by atoms with E-state index in [1.54, 1.807) is 0 Å². The van der Waals surface area contributed by atoms with Crippen molar-refractivity contribution in [1.82, 2.24) is 0 Å². The number of methoxy groups -OCH3 is 1. The van der Waals surface area contributed by atoms with Gasteiger partial charge in [-0.3, -0.25) is 4.79 Å². The monoisotopic (exact) mass is 180 g/mol. The molecule has 0 aliphatic heterocycles. The molecule has 2 nitrogen and oxygen atoms in total. The summed E-state index contributed by atoms with van der Waals surface area (Å²) < 4.78 is 3.86. The van der Waals surface area contributed by atoms with Gasteiger partial charge in [-0.05, 0) is 31.9 Å². The van der Waals surface area contributed by atoms with Crippen molar-refractivity contribution in [2.75, 3.05) is 7.11 Å². The predicted octanol–water partition coefficient (Wildman–Crippen LogP) is 2.40. The lowest BCUT2D eigenvalue weighted by Gasteiger charge is -1.98. The van der Waals surface area contributed by atoms with Gasteiger partial charge in [0.15, 0.2) is 0 Å². The highest BCUT2D eigenvalue weighted by molar-refractivity contribution is 5.36. The number of benzene rings is 1. The van der Waals surface area contributed by atoms with Crippen LogP contribution in [0.3, 0.4) is 0 Å². The summed E-state index contributed by atoms with van der Waals surface area (Å²) in [4.78, 5) is 8.95. The van der Waals surface area contributed by atoms with Crippen molar-refractivity contribution in [3.05, 3.63) is 34.9 Å². The predicted molar refractivity (Wildman–Crippen MR) is 53.7 cm³/mol. The average Bonchev–Trinajstić information content (AvgIpc) is 2.12. The fourth-order valence-corrected chi connectivity index (χ4v) is 0.891. The first-order valence-corrected chi connectivity index (χ1v) is 4.12. The lowest BCUT2D eigenvalue weighted by Crippen LogP contribution is -1.79. The minimum Gasteiger partial charge on any atom is -0.471 e. The van der Waals surface area contributed by atoms with Crippen molar-refractivity contribution in [3.8, 4) is 0 Å². The molecule has 0 bridgehead atoms. The molecular formula is C11H16O2. The summed E-state index contributed by atoms with van der Waals surface area (Å²) in [6.07, 6.45) is 0. The molecule has 0 fully saturated rings. The van der Waals surface area contributed by atoms with E-state index in [9.17, 15) is 0 Å². The molecule has 0 unspecified atom stereocenters. The second-order valence-electron chi connectivity index (χ2n) is 2.92. The van der Waals surface area contributed by atoms with Gasteiger partial charge in [-0.25, -0.2) is 0 Å². The van der Waals surface area contributed by atoms with Gasteiger partial charge in [0.05, 0.1) is 7.11 Å². The molecule has 0 aliphatic carbocycles. The molecule has 0 atom stereocenters. The fourth-order valence-electron chi connectivity index (χ4n) is 0.891. The van der Waals surface area contributed by atoms with Gasteiger partial charge in [-0.15, -0.1) is 0 Å². The second-order valence-corrected chi connectivity index (χ2v) is 2.92. The van der Waals surface area contributed by atoms with Crippen LogP contribution in [-0.4, -0.2) is 13.6 Å². The van der Waals surface area contributed by atoms with Gasteiger partial charge in [0, 0.05) is 0 Å². The largest absolute Gasteiger partial charge is 0.471 e. The molecule has 0 N–H and O–H groups in total. The third-order valence-corrected chi connectivity index (χ3v) is 1.76. The molecule has 1 rings (SSSR count). The third-order valence-electron chi connectivity index (χ3n) is 1.76. The van der Waals surface area contributed by atoms with Gasteiger partial charge in [0.25, 0.3) is 6.47 Å². The topological polar surface area (TPSA) is 26.3 Å². The number of carbonyl (C=O) groups excluding carboxylic acids is 1. The van der Waals surface area contributed by atoms with Crippen LogP contribution in [0.15, 0.2) is 18.2 Å². The van der Waals surface area contributed by atoms with Gasteiger partial charge >= 0.3 is 0 Å². The van der Waals surface area contributed by atoms with Crippen molar-refractivity contribution < 1.29 is 9.53 Å². The Labute approximate surface area is 79.5 Å². The molecule has 0 amide bonds. The molecule has 0 heterocycles. The summed E-state index contributed by atoms with van der Waals surface area (Å²) >= 11 is 0. The minimum absolute atomic E-state index is 0.375. The Morgan fingerprint density at radius 1 is 1.15 bits per heavy atom. The van der Waals surface area contributed by atoms with Crippen LogP contribution in [0.2, 0.25) is 0 Å². The summed E-state index contributed by atoms with van der Waals surface area (Å²) in [5.41, 5.74) is 4.11. The Hall–Kier alpha value is -1.31. The summed E-state index contributed by atoms with van der Waals surface area (Å²) in [6, 6.07) is 6.50. The Morgan fingerprint density at radius 2 is 1.69 bits per heavy atom. The Bertz CT molecular complexity index is 267. The highest BCUT2D eigenvalue weighted by Gasteiger charge is 1.89. The lowest BCUT2D eigenvalue weighted by atomic mass is 10.1. The number of aryl methyl sites for hydroxylation is 3. The van der Waals surface area contributed by atoms with Crippen molar-refractivity contribution in [2.24, 2.45) is 0 Å². The molecule has 72 valence electrons. The van der Waals surface area contributed by atoms with Crippen molar-refractivity contribution in [1.29, 1.82) is 0 Å². The maximum absolute atomic E-state index is 8.95. The number of ether oxygens (including phenoxy) is 1. The first-order chi connectivity index (χ1) is 6.11. The van der Waals surface area contributed by atoms with E-state index in [1.807, 2.05) is 0 Å². The van der Waals surface area contributed by atoms with Crippen LogP contribution in [-0.2, 0) is 9.53 Å². The summed E-state index contributed by atoms with van der Waals surface area (Å²) in [7, 11) is 1.31. The van der Waals surface area contributed by atoms with Crippen LogP contribution in [0, 0.1) is 20.8 Å². The first kappa shape index (κ1) is 11.7. The molecule has 0 saturated heterocycles. The summed E-state index contributed by atoms with van der Waals surface area (Å²) in [5.74, 6) is 0. The van der Waals surface area contributed by atoms with E-state index in [0.29, 0.717) is 6.47 Å². The maximum atomic E-state index is 8.95. The average molecular weight is 180 g/mol. The molecule has 0 aliphatic rings. The standard InChI is InChI=1S/C9H12.C2H4O2/c1-7-4-5-8(2)9(3)6-7;1-4-2-3/h4-6H,1-3H3;2H,1H3. The van der Waals surface area contributed by atoms with E-state index in [2.05, 4.69) is 43.7 Å². The molecule has 0 spiro atoms. The zero-order chi connectivity index (χ0) is 10.3. The van der Waals surface area contributed by atoms with Gasteiger partial charge in [0.1, 0.15) is 0 Å². The summed E-state index contributed by atoms with van der Waals surface area (Å²) in [6.45, 7) is 6.77. The van der Waals surface area contributed by atoms with E-state index in [-0.39, 0.29) is 0 Å². The van der Waals surface area contributed by atoms with E-state index >= 15 is 0 Å². The normalized spacial score (nSPS) is 8.31. The van der Waals surface area contributed by atoms with Crippen molar-refractivity contribution >= 4 is 6.47 Å². The summed E-state index contributed by atoms with van der Waals surface area (Å²) in [5, 5.41) is 0. The van der Waals surface area contributed by atoms with Crippen LogP contribution >= 0.6 is 0 Å².